The molecule has 0 radical (unpaired) electrons. The van der Waals surface area contributed by atoms with Crippen LogP contribution in [0.5, 0.6) is 0 Å². The van der Waals surface area contributed by atoms with E-state index in [4.69, 9.17) is 37.5 Å². The number of esters is 4. The zero-order valence-corrected chi connectivity index (χ0v) is 80.2. The molecule has 29 nitrogen and oxygen atoms in total. The maximum absolute atomic E-state index is 13.7. The zero-order valence-electron chi connectivity index (χ0n) is 78.4. The first kappa shape index (κ1) is 126. The normalized spacial score (nSPS) is 20.0. The van der Waals surface area contributed by atoms with Gasteiger partial charge in [0.15, 0.2) is 30.9 Å². The summed E-state index contributed by atoms with van der Waals surface area (Å²) in [7, 11) is -10.6. The average Bonchev–Trinajstić information content (AvgIpc) is 0.800. The van der Waals surface area contributed by atoms with Crippen LogP contribution in [0.25, 0.3) is 0 Å². The zero-order chi connectivity index (χ0) is 92.6. The van der Waals surface area contributed by atoms with E-state index in [1.807, 2.05) is 0 Å². The lowest BCUT2D eigenvalue weighted by Crippen LogP contribution is -2.66. The molecule has 2 aliphatic heterocycles. The quantitative estimate of drug-likeness (QED) is 0.0116. The van der Waals surface area contributed by atoms with Gasteiger partial charge in [-0.25, -0.2) is 9.13 Å². The van der Waals surface area contributed by atoms with Gasteiger partial charge in [0.2, 0.25) is 11.8 Å². The van der Waals surface area contributed by atoms with Crippen molar-refractivity contribution in [3.05, 3.63) is 0 Å². The van der Waals surface area contributed by atoms with E-state index in [-0.39, 0.29) is 27.7 Å². The highest BCUT2D eigenvalue weighted by Gasteiger charge is 2.54. The van der Waals surface area contributed by atoms with E-state index in [0.29, 0.717) is 64.2 Å². The maximum atomic E-state index is 13.7. The van der Waals surface area contributed by atoms with Crippen LogP contribution in [0.15, 0.2) is 0 Å². The van der Waals surface area contributed by atoms with Crippen molar-refractivity contribution < 1.29 is 131 Å². The molecule has 0 aromatic heterocycles. The lowest BCUT2D eigenvalue weighted by Gasteiger charge is -2.45. The molecule has 127 heavy (non-hydrogen) atoms. The molecule has 0 aliphatic carbocycles. The number of aliphatic hydroxyl groups is 7. The summed E-state index contributed by atoms with van der Waals surface area (Å²) in [5.74, 6) is -4.73. The summed E-state index contributed by atoms with van der Waals surface area (Å²) in [6.45, 7) is 11.4. The molecule has 5 unspecified atom stereocenters. The summed E-state index contributed by atoms with van der Waals surface area (Å²) < 4.78 is 68.3. The first-order chi connectivity index (χ1) is 60.1. The van der Waals surface area contributed by atoms with E-state index in [9.17, 15) is 93.2 Å². The molecule has 2 aliphatic rings. The number of hydrogen-bond acceptors (Lipinski definition) is 23. The second-order valence-corrected chi connectivity index (χ2v) is 38.0. The minimum atomic E-state index is -5.34. The number of nitrogens with one attached hydrogen (secondary N) is 2. The van der Waals surface area contributed by atoms with Gasteiger partial charge in [-0.1, -0.05) is 390 Å². The third kappa shape index (κ3) is 69.2. The van der Waals surface area contributed by atoms with Gasteiger partial charge >= 0.3 is 39.5 Å². The lowest BCUT2D eigenvalue weighted by molar-refractivity contribution is -0.260. The summed E-state index contributed by atoms with van der Waals surface area (Å²) in [6, 6.07) is -3.29. The van der Waals surface area contributed by atoms with Crippen LogP contribution < -0.4 is 10.6 Å². The fourth-order valence-electron chi connectivity index (χ4n) is 16.3. The average molecular weight is 1860 g/mol. The van der Waals surface area contributed by atoms with Crippen LogP contribution in [0, 0.1) is 0 Å². The minimum Gasteiger partial charge on any atom is -0.462 e. The van der Waals surface area contributed by atoms with E-state index in [1.165, 1.54) is 167 Å². The summed E-state index contributed by atoms with van der Waals surface area (Å²) in [5.41, 5.74) is 0. The number of unbranched alkanes of at least 4 members (excludes halogenated alkanes) is 48. The van der Waals surface area contributed by atoms with E-state index in [0.717, 1.165) is 148 Å². The molecule has 2 fully saturated rings. The molecular formula is C96H188N2O27P2. The largest absolute Gasteiger partial charge is 0.472 e. The van der Waals surface area contributed by atoms with Gasteiger partial charge in [-0.2, -0.15) is 0 Å². The van der Waals surface area contributed by atoms with Gasteiger partial charge in [0.25, 0.3) is 0 Å². The monoisotopic (exact) mass is 1860 g/mol. The number of rotatable bonds is 82. The smallest absolute Gasteiger partial charge is 0.462 e. The first-order valence-corrected chi connectivity index (χ1v) is 52.9. The molecule has 0 aromatic rings. The van der Waals surface area contributed by atoms with Gasteiger partial charge in [-0.05, 0) is 44.9 Å². The van der Waals surface area contributed by atoms with Gasteiger partial charge in [0.05, 0.1) is 69.7 Å². The van der Waals surface area contributed by atoms with Crippen LogP contribution in [0.1, 0.15) is 474 Å². The van der Waals surface area contributed by atoms with Crippen LogP contribution in [0.2, 0.25) is 0 Å². The second kappa shape index (κ2) is 82.2. The Morgan fingerprint density at radius 1 is 0.315 bits per heavy atom. The van der Waals surface area contributed by atoms with Crippen molar-refractivity contribution in [2.75, 3.05) is 13.2 Å². The SMILES string of the molecule is C.C.CCCCCCCCCCCC(=O)O[C@H](CCCCCCCCCCC)CC(=O)O[C@@H]1C(NC(=O)C[C@H](O)CCCCCCCCCCC)C(O)OC(CO)[C@H]1OP(=O)(O)O.CCCCCCCCCCC[C@@H](O)CC(=O)NC1[C@H](OP(=O)(O)O)OC(CO)[C@@H](OC(=O)C[C@H](O)CCCCCCCCCCC)[C@@H]1OC(=O)C[C@H](O)CCCCCCCCCCC. The first-order valence-electron chi connectivity index (χ1n) is 49.9. The lowest BCUT2D eigenvalue weighted by atomic mass is 9.95. The predicted octanol–water partition coefficient (Wildman–Crippen LogP) is 19.8. The van der Waals surface area contributed by atoms with E-state index >= 15 is 0 Å². The Labute approximate surface area is 767 Å². The number of amides is 2. The van der Waals surface area contributed by atoms with Crippen molar-refractivity contribution in [1.82, 2.24) is 10.6 Å². The van der Waals surface area contributed by atoms with Gasteiger partial charge in [0, 0.05) is 6.42 Å². The maximum Gasteiger partial charge on any atom is 0.472 e. The number of carbonyl (C=O) groups excluding carboxylic acids is 6. The van der Waals surface area contributed by atoms with Crippen LogP contribution in [-0.4, -0.2) is 196 Å². The van der Waals surface area contributed by atoms with Crippen LogP contribution in [0.4, 0.5) is 0 Å². The molecular weight excluding hydrogens is 1670 g/mol. The van der Waals surface area contributed by atoms with E-state index < -0.39 is 182 Å². The van der Waals surface area contributed by atoms with Crippen LogP contribution in [0.3, 0.4) is 0 Å². The van der Waals surface area contributed by atoms with E-state index in [1.54, 1.807) is 0 Å². The molecule has 2 saturated heterocycles. The molecule has 0 aromatic carbocycles. The van der Waals surface area contributed by atoms with Gasteiger partial charge in [0.1, 0.15) is 36.5 Å². The molecule has 754 valence electrons. The molecule has 2 rings (SSSR count). The standard InChI is InChI=1S/C48H92NO14P.C46H88NO13P.2CH4/c1-4-7-10-13-16-19-22-25-28-31-38(51)34-42(54)49-45-47(62-44(56)36-40(53)33-30-27-24-21-18-15-12-9-6-3)46(41(37-50)60-48(45)63-64(57,58)59)61-43(55)35-39(52)32-29-26-23-20-17-14-11-8-5-2;1-4-7-10-13-16-19-22-25-28-31-37(49)34-40(50)47-43-45(44(60-61(54,55)56)39(36-48)58-46(43)53)59-42(52)35-38(32-29-26-23-20-17-14-11-8-5-2)57-41(51)33-30-27-24-21-18-15-12-9-6-3;;/h38-41,45-48,50-53H,4-37H2,1-3H3,(H,49,54)(H2,57,58,59);37-39,43-46,48-49,53H,4-36H2,1-3H3,(H,47,50)(H2,54,55,56);2*1H4/t38-,39-,40-,41?,45?,46-,47-,48+;37-,38-,39?,43?,44-,45-,46?;;/m11../s1. The number of phosphoric acid groups is 2. The fraction of sp³-hybridized carbons (Fsp3) is 0.938. The van der Waals surface area contributed by atoms with Crippen LogP contribution >= 0.6 is 15.6 Å². The van der Waals surface area contributed by atoms with Crippen molar-refractivity contribution >= 4 is 51.3 Å². The van der Waals surface area contributed by atoms with Gasteiger partial charge in [-0.15, -0.1) is 0 Å². The Hall–Kier alpha value is -3.32. The molecule has 31 heteroatoms. The Bertz CT molecular complexity index is 2740. The summed E-state index contributed by atoms with van der Waals surface area (Å²) >= 11 is 0. The Morgan fingerprint density at radius 3 is 0.890 bits per heavy atom. The summed E-state index contributed by atoms with van der Waals surface area (Å²) in [5, 5.41) is 79.3. The number of aliphatic hydroxyl groups excluding tert-OH is 7. The topological polar surface area (TPSA) is 457 Å². The van der Waals surface area contributed by atoms with Crippen molar-refractivity contribution in [1.29, 1.82) is 0 Å². The van der Waals surface area contributed by atoms with Crippen molar-refractivity contribution in [3.8, 4) is 0 Å². The number of phosphoric ester groups is 2. The Kier molecular flexibility index (Phi) is 81.3. The number of carbonyl (C=O) groups is 6. The third-order valence-corrected chi connectivity index (χ3v) is 24.6. The molecule has 13 N–H and O–H groups in total. The number of hydrogen-bond donors (Lipinski definition) is 13. The van der Waals surface area contributed by atoms with Crippen molar-refractivity contribution in [2.45, 2.75) is 566 Å². The molecule has 2 amide bonds. The highest BCUT2D eigenvalue weighted by atomic mass is 31.2. The van der Waals surface area contributed by atoms with E-state index in [2.05, 4.69) is 52.2 Å². The molecule has 0 saturated carbocycles. The minimum absolute atomic E-state index is 0. The summed E-state index contributed by atoms with van der Waals surface area (Å²) in [6.07, 6.45) is 39.4. The second-order valence-electron chi connectivity index (χ2n) is 35.6. The highest BCUT2D eigenvalue weighted by molar-refractivity contribution is 7.46. The fourth-order valence-corrected chi connectivity index (χ4v) is 17.4. The molecule has 15 atom stereocenters. The molecule has 0 spiro atoms. The highest BCUT2D eigenvalue weighted by Crippen LogP contribution is 2.44. The van der Waals surface area contributed by atoms with Gasteiger partial charge in [-0.3, -0.25) is 37.8 Å². The van der Waals surface area contributed by atoms with Gasteiger partial charge < -0.3 is 94.4 Å². The number of ether oxygens (including phenoxy) is 6. The summed E-state index contributed by atoms with van der Waals surface area (Å²) in [4.78, 5) is 119. The van der Waals surface area contributed by atoms with Crippen molar-refractivity contribution in [3.63, 3.8) is 0 Å². The molecule has 0 bridgehead atoms. The third-order valence-electron chi connectivity index (χ3n) is 23.6. The predicted molar refractivity (Wildman–Crippen MR) is 499 cm³/mol. The van der Waals surface area contributed by atoms with Crippen molar-refractivity contribution in [2.24, 2.45) is 0 Å². The Balaban J connectivity index is 0. The Morgan fingerprint density at radius 2 is 0.575 bits per heavy atom. The van der Waals surface area contributed by atoms with Crippen LogP contribution in [-0.2, 0) is 75.4 Å². The molecule has 2 heterocycles.